The zero-order valence-corrected chi connectivity index (χ0v) is 10.7. The molecule has 12 heavy (non-hydrogen) atoms. The Morgan fingerprint density at radius 1 is 1.00 bits per heavy atom. The first-order chi connectivity index (χ1) is 5.88. The van der Waals surface area contributed by atoms with Crippen molar-refractivity contribution in [2.45, 2.75) is 38.6 Å². The van der Waals surface area contributed by atoms with Crippen LogP contribution in [0.15, 0.2) is 24.3 Å². The molecule has 67 valence electrons. The molecule has 0 unspecified atom stereocenters. The molecule has 0 spiro atoms. The van der Waals surface area contributed by atoms with Gasteiger partial charge in [-0.15, -0.1) is 0 Å². The number of hydrogen-bond donors (Lipinski definition) is 0. The van der Waals surface area contributed by atoms with E-state index in [-0.39, 0.29) is 0 Å². The second-order valence-electron chi connectivity index (χ2n) is 3.45. The Bertz CT molecular complexity index is 152. The summed E-state index contributed by atoms with van der Waals surface area (Å²) in [7, 11) is 0. The van der Waals surface area contributed by atoms with Crippen molar-refractivity contribution in [2.75, 3.05) is 0 Å². The molecule has 0 bridgehead atoms. The predicted octanol–water partition coefficient (Wildman–Crippen LogP) is 4.18. The Balaban J connectivity index is 2.40. The molecule has 0 amide bonds. The SMILES string of the molecule is CC[CH2][Zr]([CH2]CC)[CH]1C=CC=C1. The van der Waals surface area contributed by atoms with Gasteiger partial charge in [-0.3, -0.25) is 0 Å². The van der Waals surface area contributed by atoms with E-state index in [0.29, 0.717) is 0 Å². The molecule has 0 heterocycles. The summed E-state index contributed by atoms with van der Waals surface area (Å²) in [5, 5.41) is 0. The van der Waals surface area contributed by atoms with E-state index >= 15 is 0 Å². The topological polar surface area (TPSA) is 0 Å². The third-order valence-corrected chi connectivity index (χ3v) is 11.2. The molecule has 0 nitrogen and oxygen atoms in total. The Labute approximate surface area is 84.4 Å². The molecule has 0 saturated carbocycles. The first kappa shape index (κ1) is 10.4. The Kier molecular flexibility index (Phi) is 5.15. The summed E-state index contributed by atoms with van der Waals surface area (Å²) in [6, 6.07) is 0. The van der Waals surface area contributed by atoms with Crippen molar-refractivity contribution >= 4 is 0 Å². The minimum absolute atomic E-state index is 0.937. The normalized spacial score (nSPS) is 15.8. The van der Waals surface area contributed by atoms with E-state index in [1.807, 2.05) is 0 Å². The Morgan fingerprint density at radius 2 is 1.50 bits per heavy atom. The summed E-state index contributed by atoms with van der Waals surface area (Å²) < 4.78 is 4.09. The van der Waals surface area contributed by atoms with Gasteiger partial charge in [0.25, 0.3) is 0 Å². The molecule has 1 heteroatoms. The molecule has 0 fully saturated rings. The molecular formula is C11H19Zr. The maximum absolute atomic E-state index is 2.43. The second-order valence-corrected chi connectivity index (χ2v) is 10.8. The van der Waals surface area contributed by atoms with Crippen LogP contribution in [0.4, 0.5) is 0 Å². The summed E-state index contributed by atoms with van der Waals surface area (Å²) in [6.07, 6.45) is 12.1. The van der Waals surface area contributed by atoms with Crippen LogP contribution in [-0.2, 0) is 21.8 Å². The van der Waals surface area contributed by atoms with Crippen LogP contribution in [0.25, 0.3) is 0 Å². The fraction of sp³-hybridized carbons (Fsp3) is 0.636. The van der Waals surface area contributed by atoms with Crippen LogP contribution in [-0.4, -0.2) is 0 Å². The fourth-order valence-corrected chi connectivity index (χ4v) is 9.10. The van der Waals surface area contributed by atoms with E-state index in [9.17, 15) is 0 Å². The molecule has 1 aliphatic rings. The third kappa shape index (κ3) is 3.01. The number of allylic oxidation sites excluding steroid dienone is 4. The third-order valence-electron chi connectivity index (χ3n) is 2.36. The van der Waals surface area contributed by atoms with Crippen LogP contribution < -0.4 is 0 Å². The van der Waals surface area contributed by atoms with Crippen molar-refractivity contribution in [1.82, 2.24) is 0 Å². The van der Waals surface area contributed by atoms with Crippen LogP contribution in [0.3, 0.4) is 0 Å². The van der Waals surface area contributed by atoms with Gasteiger partial charge in [0.2, 0.25) is 0 Å². The summed E-state index contributed by atoms with van der Waals surface area (Å²) in [5.41, 5.74) is 0. The predicted molar refractivity (Wildman–Crippen MR) is 52.2 cm³/mol. The molecule has 0 saturated heterocycles. The van der Waals surface area contributed by atoms with Gasteiger partial charge in [-0.05, 0) is 0 Å². The van der Waals surface area contributed by atoms with Crippen molar-refractivity contribution in [3.8, 4) is 0 Å². The van der Waals surface area contributed by atoms with Gasteiger partial charge in [-0.1, -0.05) is 0 Å². The summed E-state index contributed by atoms with van der Waals surface area (Å²) >= 11 is -1.02. The van der Waals surface area contributed by atoms with Crippen molar-refractivity contribution in [3.63, 3.8) is 0 Å². The number of rotatable bonds is 5. The summed E-state index contributed by atoms with van der Waals surface area (Å²) in [6.45, 7) is 4.66. The molecule has 0 atom stereocenters. The quantitative estimate of drug-likeness (QED) is 0.678. The van der Waals surface area contributed by atoms with Gasteiger partial charge in [0, 0.05) is 0 Å². The summed E-state index contributed by atoms with van der Waals surface area (Å²) in [4.78, 5) is 0. The van der Waals surface area contributed by atoms with E-state index in [1.54, 1.807) is 8.26 Å². The zero-order valence-electron chi connectivity index (χ0n) is 8.22. The average Bonchev–Trinajstić information content (AvgIpc) is 2.56. The van der Waals surface area contributed by atoms with Crippen molar-refractivity contribution < 1.29 is 21.8 Å². The molecule has 0 aromatic rings. The van der Waals surface area contributed by atoms with Gasteiger partial charge in [0.05, 0.1) is 0 Å². The van der Waals surface area contributed by atoms with Gasteiger partial charge >= 0.3 is 84.6 Å². The van der Waals surface area contributed by atoms with Gasteiger partial charge in [-0.25, -0.2) is 0 Å². The molecule has 0 N–H and O–H groups in total. The molecule has 0 aromatic carbocycles. The fourth-order valence-electron chi connectivity index (χ4n) is 1.80. The van der Waals surface area contributed by atoms with Crippen LogP contribution in [0.1, 0.15) is 26.7 Å². The molecule has 0 radical (unpaired) electrons. The molecule has 0 aromatic heterocycles. The van der Waals surface area contributed by atoms with Gasteiger partial charge in [0.15, 0.2) is 0 Å². The zero-order chi connectivity index (χ0) is 8.81. The first-order valence-corrected chi connectivity index (χ1v) is 9.97. The van der Waals surface area contributed by atoms with Crippen LogP contribution >= 0.6 is 0 Å². The monoisotopic (exact) mass is 241 g/mol. The van der Waals surface area contributed by atoms with Crippen molar-refractivity contribution in [3.05, 3.63) is 24.3 Å². The average molecular weight is 242 g/mol. The van der Waals surface area contributed by atoms with E-state index in [4.69, 9.17) is 0 Å². The van der Waals surface area contributed by atoms with Crippen molar-refractivity contribution in [1.29, 1.82) is 0 Å². The number of hydrogen-bond acceptors (Lipinski definition) is 0. The van der Waals surface area contributed by atoms with E-state index < -0.39 is 21.8 Å². The maximum atomic E-state index is 2.43. The standard InChI is InChI=1S/C5H5.2C3H7.Zr/c1-2-4-5-3-1;2*1-3-2;/h1-5H;2*1,3H2,2H3;. The summed E-state index contributed by atoms with van der Waals surface area (Å²) in [5.74, 6) is 0. The minimum atomic E-state index is -1.02. The van der Waals surface area contributed by atoms with E-state index in [2.05, 4.69) is 38.2 Å². The van der Waals surface area contributed by atoms with Crippen LogP contribution in [0.5, 0.6) is 0 Å². The molecule has 0 aliphatic heterocycles. The Morgan fingerprint density at radius 3 is 1.92 bits per heavy atom. The van der Waals surface area contributed by atoms with E-state index in [1.165, 1.54) is 12.8 Å². The van der Waals surface area contributed by atoms with Crippen LogP contribution in [0.2, 0.25) is 11.9 Å². The first-order valence-electron chi connectivity index (χ1n) is 5.08. The molecular weight excluding hydrogens is 223 g/mol. The second kappa shape index (κ2) is 5.92. The molecule has 1 aliphatic carbocycles. The Hall–Kier alpha value is 0.363. The van der Waals surface area contributed by atoms with Gasteiger partial charge < -0.3 is 0 Å². The van der Waals surface area contributed by atoms with Gasteiger partial charge in [-0.2, -0.15) is 0 Å². The molecule has 1 rings (SSSR count). The van der Waals surface area contributed by atoms with Crippen molar-refractivity contribution in [2.24, 2.45) is 0 Å². The van der Waals surface area contributed by atoms with E-state index in [0.717, 1.165) is 3.63 Å². The van der Waals surface area contributed by atoms with Gasteiger partial charge in [0.1, 0.15) is 0 Å². The van der Waals surface area contributed by atoms with Crippen LogP contribution in [0, 0.1) is 0 Å².